The summed E-state index contributed by atoms with van der Waals surface area (Å²) < 4.78 is 63.2. The van der Waals surface area contributed by atoms with Crippen molar-refractivity contribution in [2.75, 3.05) is 0 Å². The second-order valence-electron chi connectivity index (χ2n) is 4.00. The van der Waals surface area contributed by atoms with E-state index in [4.69, 9.17) is 11.6 Å². The van der Waals surface area contributed by atoms with Crippen molar-refractivity contribution in [3.05, 3.63) is 23.5 Å². The Morgan fingerprint density at radius 2 is 2.00 bits per heavy atom. The third-order valence-electron chi connectivity index (χ3n) is 2.63. The molecule has 0 saturated heterocycles. The van der Waals surface area contributed by atoms with Crippen molar-refractivity contribution < 1.29 is 21.6 Å². The number of hydrogen-bond donors (Lipinski definition) is 1. The standard InChI is InChI=1S/C9H8ClF3N2O2S/c10-7-5-6(1-4-14-7)18(16,17)15-8(2-3-8)9(11,12)13/h1,4-5,15H,2-3H2. The summed E-state index contributed by atoms with van der Waals surface area (Å²) in [7, 11) is -4.26. The second-order valence-corrected chi connectivity index (χ2v) is 6.07. The summed E-state index contributed by atoms with van der Waals surface area (Å²) in [4.78, 5) is 3.23. The fourth-order valence-corrected chi connectivity index (χ4v) is 3.13. The summed E-state index contributed by atoms with van der Waals surface area (Å²) in [6.07, 6.45) is -4.00. The molecule has 100 valence electrons. The average molecular weight is 301 g/mol. The largest absolute Gasteiger partial charge is 0.407 e. The minimum Gasteiger partial charge on any atom is -0.244 e. The molecule has 1 aromatic rings. The molecular weight excluding hydrogens is 293 g/mol. The molecule has 0 radical (unpaired) electrons. The average Bonchev–Trinajstić information content (AvgIpc) is 2.97. The number of nitrogens with one attached hydrogen (secondary N) is 1. The van der Waals surface area contributed by atoms with E-state index in [1.165, 1.54) is 0 Å². The van der Waals surface area contributed by atoms with Crippen LogP contribution in [0.3, 0.4) is 0 Å². The van der Waals surface area contributed by atoms with Crippen LogP contribution in [0.25, 0.3) is 0 Å². The Balaban J connectivity index is 2.29. The van der Waals surface area contributed by atoms with Crippen molar-refractivity contribution in [2.45, 2.75) is 29.5 Å². The molecule has 2 rings (SSSR count). The molecule has 0 bridgehead atoms. The molecule has 4 nitrogen and oxygen atoms in total. The Morgan fingerprint density at radius 1 is 1.39 bits per heavy atom. The van der Waals surface area contributed by atoms with Crippen LogP contribution in [0.1, 0.15) is 12.8 Å². The van der Waals surface area contributed by atoms with Gasteiger partial charge in [-0.2, -0.15) is 17.9 Å². The molecule has 0 amide bonds. The normalized spacial score (nSPS) is 18.7. The molecule has 0 unspecified atom stereocenters. The van der Waals surface area contributed by atoms with E-state index in [0.29, 0.717) is 0 Å². The molecule has 0 aromatic carbocycles. The Labute approximate surface area is 106 Å². The Bertz CT molecular complexity index is 569. The fraction of sp³-hybridized carbons (Fsp3) is 0.444. The summed E-state index contributed by atoms with van der Waals surface area (Å²) in [6, 6.07) is 2.08. The fourth-order valence-electron chi connectivity index (χ4n) is 1.44. The number of aromatic nitrogens is 1. The molecular formula is C9H8ClF3N2O2S. The van der Waals surface area contributed by atoms with Crippen LogP contribution in [-0.2, 0) is 10.0 Å². The van der Waals surface area contributed by atoms with Gasteiger partial charge < -0.3 is 0 Å². The highest BCUT2D eigenvalue weighted by Crippen LogP contribution is 2.49. The van der Waals surface area contributed by atoms with Crippen molar-refractivity contribution in [2.24, 2.45) is 0 Å². The molecule has 1 aliphatic rings. The molecule has 0 spiro atoms. The van der Waals surface area contributed by atoms with Crippen molar-refractivity contribution in [1.82, 2.24) is 9.71 Å². The lowest BCUT2D eigenvalue weighted by molar-refractivity contribution is -0.160. The second kappa shape index (κ2) is 4.07. The maximum atomic E-state index is 12.7. The molecule has 0 aliphatic heterocycles. The molecule has 1 heterocycles. The van der Waals surface area contributed by atoms with Gasteiger partial charge in [0, 0.05) is 6.20 Å². The lowest BCUT2D eigenvalue weighted by atomic mass is 10.3. The molecule has 1 saturated carbocycles. The number of halogens is 4. The van der Waals surface area contributed by atoms with E-state index in [1.54, 1.807) is 4.72 Å². The highest BCUT2D eigenvalue weighted by molar-refractivity contribution is 7.89. The van der Waals surface area contributed by atoms with Gasteiger partial charge in [-0.1, -0.05) is 11.6 Å². The van der Waals surface area contributed by atoms with E-state index in [-0.39, 0.29) is 22.9 Å². The number of pyridine rings is 1. The summed E-state index contributed by atoms with van der Waals surface area (Å²) in [5.41, 5.74) is -2.33. The number of alkyl halides is 3. The first-order valence-corrected chi connectivity index (χ1v) is 6.75. The van der Waals surface area contributed by atoms with Gasteiger partial charge in [-0.3, -0.25) is 0 Å². The highest BCUT2D eigenvalue weighted by Gasteiger charge is 2.65. The van der Waals surface area contributed by atoms with Crippen molar-refractivity contribution in [1.29, 1.82) is 0 Å². The monoisotopic (exact) mass is 300 g/mol. The lowest BCUT2D eigenvalue weighted by Gasteiger charge is -2.20. The van der Waals surface area contributed by atoms with Crippen LogP contribution in [0.4, 0.5) is 13.2 Å². The summed E-state index contributed by atoms with van der Waals surface area (Å²) in [5.74, 6) is 0. The van der Waals surface area contributed by atoms with E-state index in [9.17, 15) is 21.6 Å². The highest BCUT2D eigenvalue weighted by atomic mass is 35.5. The van der Waals surface area contributed by atoms with E-state index in [2.05, 4.69) is 4.98 Å². The summed E-state index contributed by atoms with van der Waals surface area (Å²) in [6.45, 7) is 0. The quantitative estimate of drug-likeness (QED) is 0.870. The summed E-state index contributed by atoms with van der Waals surface area (Å²) in [5, 5.41) is -0.102. The third kappa shape index (κ3) is 2.45. The molecule has 9 heteroatoms. The molecule has 1 fully saturated rings. The van der Waals surface area contributed by atoms with Crippen LogP contribution in [0, 0.1) is 0 Å². The zero-order valence-corrected chi connectivity index (χ0v) is 10.4. The van der Waals surface area contributed by atoms with Gasteiger partial charge in [-0.05, 0) is 25.0 Å². The Morgan fingerprint density at radius 3 is 2.44 bits per heavy atom. The van der Waals surface area contributed by atoms with E-state index in [0.717, 1.165) is 18.3 Å². The first-order chi connectivity index (χ1) is 8.16. The first kappa shape index (κ1) is 13.6. The van der Waals surface area contributed by atoms with Crippen molar-refractivity contribution in [3.8, 4) is 0 Å². The predicted molar refractivity (Wildman–Crippen MR) is 57.6 cm³/mol. The zero-order chi connectivity index (χ0) is 13.6. The van der Waals surface area contributed by atoms with Crippen molar-refractivity contribution >= 4 is 21.6 Å². The number of sulfonamides is 1. The van der Waals surface area contributed by atoms with Gasteiger partial charge >= 0.3 is 6.18 Å². The van der Waals surface area contributed by atoms with E-state index in [1.807, 2.05) is 0 Å². The minimum absolute atomic E-state index is 0.102. The molecule has 0 atom stereocenters. The van der Waals surface area contributed by atoms with Gasteiger partial charge in [0.15, 0.2) is 0 Å². The number of hydrogen-bond acceptors (Lipinski definition) is 3. The van der Waals surface area contributed by atoms with Crippen LogP contribution in [0.15, 0.2) is 23.2 Å². The number of rotatable bonds is 3. The van der Waals surface area contributed by atoms with Crippen LogP contribution in [0.2, 0.25) is 5.15 Å². The van der Waals surface area contributed by atoms with Crippen LogP contribution in [-0.4, -0.2) is 25.1 Å². The van der Waals surface area contributed by atoms with Crippen LogP contribution < -0.4 is 4.72 Å². The van der Waals surface area contributed by atoms with Gasteiger partial charge in [-0.15, -0.1) is 0 Å². The van der Waals surface area contributed by atoms with Gasteiger partial charge in [0.2, 0.25) is 10.0 Å². The topological polar surface area (TPSA) is 59.1 Å². The minimum atomic E-state index is -4.60. The van der Waals surface area contributed by atoms with E-state index < -0.39 is 21.7 Å². The van der Waals surface area contributed by atoms with Gasteiger partial charge in [0.1, 0.15) is 10.7 Å². The number of nitrogens with zero attached hydrogens (tertiary/aromatic N) is 1. The van der Waals surface area contributed by atoms with Gasteiger partial charge in [0.25, 0.3) is 0 Å². The van der Waals surface area contributed by atoms with E-state index >= 15 is 0 Å². The lowest BCUT2D eigenvalue weighted by Crippen LogP contribution is -2.47. The molecule has 18 heavy (non-hydrogen) atoms. The zero-order valence-electron chi connectivity index (χ0n) is 8.83. The van der Waals surface area contributed by atoms with Crippen molar-refractivity contribution in [3.63, 3.8) is 0 Å². The third-order valence-corrected chi connectivity index (χ3v) is 4.37. The smallest absolute Gasteiger partial charge is 0.244 e. The van der Waals surface area contributed by atoms with Gasteiger partial charge in [0.05, 0.1) is 4.90 Å². The van der Waals surface area contributed by atoms with Crippen LogP contribution in [0.5, 0.6) is 0 Å². The maximum Gasteiger partial charge on any atom is 0.407 e. The molecule has 1 aliphatic carbocycles. The molecule has 1 N–H and O–H groups in total. The Kier molecular flexibility index (Phi) is 3.07. The van der Waals surface area contributed by atoms with Gasteiger partial charge in [-0.25, -0.2) is 13.4 Å². The predicted octanol–water partition coefficient (Wildman–Crippen LogP) is 2.11. The maximum absolute atomic E-state index is 12.7. The SMILES string of the molecule is O=S(=O)(NC1(C(F)(F)F)CC1)c1ccnc(Cl)c1. The Hall–Kier alpha value is -0.860. The first-order valence-electron chi connectivity index (χ1n) is 4.89. The van der Waals surface area contributed by atoms with Crippen LogP contribution >= 0.6 is 11.6 Å². The summed E-state index contributed by atoms with van der Waals surface area (Å²) >= 11 is 5.50. The molecule has 1 aromatic heterocycles.